The number of carboxylic acids is 1. The van der Waals surface area contributed by atoms with Crippen molar-refractivity contribution in [3.63, 3.8) is 0 Å². The van der Waals surface area contributed by atoms with Gasteiger partial charge in [-0.15, -0.1) is 0 Å². The van der Waals surface area contributed by atoms with E-state index in [1.165, 1.54) is 57.8 Å². The van der Waals surface area contributed by atoms with Crippen LogP contribution in [0.25, 0.3) is 0 Å². The predicted molar refractivity (Wildman–Crippen MR) is 155 cm³/mol. The Hall–Kier alpha value is -0.770. The highest BCUT2D eigenvalue weighted by Gasteiger charge is 2.04. The Morgan fingerprint density at radius 2 is 1.14 bits per heavy atom. The SMILES string of the molecule is CCCCCCCC(=O)O.CCCCCCCCN(CCO)CCN(C)C.CN(C)CCNCCO. The molecular formula is C28H64N4O4. The van der Waals surface area contributed by atoms with Crippen molar-refractivity contribution < 1.29 is 20.1 Å². The highest BCUT2D eigenvalue weighted by Crippen LogP contribution is 2.06. The molecule has 0 aromatic rings. The Morgan fingerprint density at radius 1 is 0.611 bits per heavy atom. The molecular weight excluding hydrogens is 456 g/mol. The Morgan fingerprint density at radius 3 is 1.61 bits per heavy atom. The zero-order chi connectivity index (χ0) is 27.9. The number of carbonyl (C=O) groups is 1. The van der Waals surface area contributed by atoms with Gasteiger partial charge in [0.15, 0.2) is 0 Å². The fourth-order valence-electron chi connectivity index (χ4n) is 3.32. The quantitative estimate of drug-likeness (QED) is 0.151. The first-order valence-electron chi connectivity index (χ1n) is 14.4. The fourth-order valence-corrected chi connectivity index (χ4v) is 3.32. The van der Waals surface area contributed by atoms with Gasteiger partial charge in [-0.3, -0.25) is 9.69 Å². The summed E-state index contributed by atoms with van der Waals surface area (Å²) in [7, 11) is 8.25. The van der Waals surface area contributed by atoms with Crippen molar-refractivity contribution in [2.45, 2.75) is 90.9 Å². The van der Waals surface area contributed by atoms with Gasteiger partial charge in [0, 0.05) is 45.7 Å². The van der Waals surface area contributed by atoms with E-state index in [9.17, 15) is 4.79 Å². The predicted octanol–water partition coefficient (Wildman–Crippen LogP) is 3.76. The summed E-state index contributed by atoms with van der Waals surface area (Å²) in [5.41, 5.74) is 0. The van der Waals surface area contributed by atoms with Gasteiger partial charge in [-0.05, 0) is 47.6 Å². The summed E-state index contributed by atoms with van der Waals surface area (Å²) < 4.78 is 0. The number of carboxylic acid groups (broad SMARTS) is 1. The summed E-state index contributed by atoms with van der Waals surface area (Å²) in [4.78, 5) is 16.7. The summed E-state index contributed by atoms with van der Waals surface area (Å²) in [6.45, 7) is 11.7. The number of hydrogen-bond acceptors (Lipinski definition) is 7. The molecule has 0 amide bonds. The van der Waals surface area contributed by atoms with Crippen LogP contribution in [0.3, 0.4) is 0 Å². The molecule has 0 aliphatic carbocycles. The van der Waals surface area contributed by atoms with Gasteiger partial charge in [0.2, 0.25) is 0 Å². The lowest BCUT2D eigenvalue weighted by atomic mass is 10.1. The van der Waals surface area contributed by atoms with Crippen LogP contribution in [0.1, 0.15) is 90.9 Å². The topological polar surface area (TPSA) is 99.5 Å². The molecule has 0 unspecified atom stereocenters. The van der Waals surface area contributed by atoms with Crippen molar-refractivity contribution in [3.05, 3.63) is 0 Å². The largest absolute Gasteiger partial charge is 0.481 e. The lowest BCUT2D eigenvalue weighted by Crippen LogP contribution is -2.34. The van der Waals surface area contributed by atoms with E-state index in [2.05, 4.69) is 48.0 Å². The molecule has 220 valence electrons. The number of aliphatic hydroxyl groups excluding tert-OH is 2. The van der Waals surface area contributed by atoms with Crippen LogP contribution in [-0.4, -0.2) is 123 Å². The summed E-state index contributed by atoms with van der Waals surface area (Å²) >= 11 is 0. The second-order valence-electron chi connectivity index (χ2n) is 9.97. The lowest BCUT2D eigenvalue weighted by molar-refractivity contribution is -0.137. The molecule has 0 saturated heterocycles. The molecule has 0 fully saturated rings. The summed E-state index contributed by atoms with van der Waals surface area (Å²) in [5.74, 6) is -0.670. The fraction of sp³-hybridized carbons (Fsp3) is 0.964. The summed E-state index contributed by atoms with van der Waals surface area (Å²) in [6.07, 6.45) is 13.9. The molecule has 4 N–H and O–H groups in total. The monoisotopic (exact) mass is 520 g/mol. The standard InChI is InChI=1S/C14H32N2O.C8H16O2.C6H16N2O/c1-4-5-6-7-8-9-10-16(13-14-17)12-11-15(2)3;1-2-3-4-5-6-7-8(9)10;1-8(2)5-3-7-4-6-9/h17H,4-14H2,1-3H3;2-7H2,1H3,(H,9,10);7,9H,3-6H2,1-2H3. The molecule has 0 bridgehead atoms. The van der Waals surface area contributed by atoms with Crippen LogP contribution < -0.4 is 5.32 Å². The normalized spacial score (nSPS) is 10.9. The van der Waals surface area contributed by atoms with Gasteiger partial charge in [0.05, 0.1) is 13.2 Å². The average Bonchev–Trinajstić information content (AvgIpc) is 2.83. The van der Waals surface area contributed by atoms with E-state index in [4.69, 9.17) is 15.3 Å². The van der Waals surface area contributed by atoms with Crippen molar-refractivity contribution >= 4 is 5.97 Å². The maximum Gasteiger partial charge on any atom is 0.303 e. The maximum absolute atomic E-state index is 10.0. The van der Waals surface area contributed by atoms with E-state index in [1.807, 2.05) is 14.1 Å². The number of hydrogen-bond donors (Lipinski definition) is 4. The molecule has 8 nitrogen and oxygen atoms in total. The second-order valence-corrected chi connectivity index (χ2v) is 9.97. The van der Waals surface area contributed by atoms with Crippen LogP contribution in [0.5, 0.6) is 0 Å². The third kappa shape index (κ3) is 43.3. The van der Waals surface area contributed by atoms with Crippen molar-refractivity contribution in [2.24, 2.45) is 0 Å². The van der Waals surface area contributed by atoms with E-state index in [0.717, 1.165) is 52.1 Å². The molecule has 0 rings (SSSR count). The Bertz CT molecular complexity index is 413. The number of rotatable bonds is 23. The molecule has 0 radical (unpaired) electrons. The van der Waals surface area contributed by atoms with Crippen molar-refractivity contribution in [1.82, 2.24) is 20.0 Å². The molecule has 8 heteroatoms. The molecule has 0 heterocycles. The van der Waals surface area contributed by atoms with Crippen LogP contribution in [0.2, 0.25) is 0 Å². The van der Waals surface area contributed by atoms with E-state index in [1.54, 1.807) is 0 Å². The Balaban J connectivity index is -0.000000490. The minimum absolute atomic E-state index is 0.230. The van der Waals surface area contributed by atoms with Crippen LogP contribution in [0.4, 0.5) is 0 Å². The van der Waals surface area contributed by atoms with E-state index in [-0.39, 0.29) is 13.2 Å². The van der Waals surface area contributed by atoms with Crippen LogP contribution in [-0.2, 0) is 4.79 Å². The molecule has 0 saturated carbocycles. The van der Waals surface area contributed by atoms with E-state index < -0.39 is 5.97 Å². The Kier molecular flexibility index (Phi) is 37.8. The first kappa shape index (κ1) is 39.7. The molecule has 0 atom stereocenters. The summed E-state index contributed by atoms with van der Waals surface area (Å²) in [6, 6.07) is 0. The van der Waals surface area contributed by atoms with E-state index >= 15 is 0 Å². The molecule has 0 spiro atoms. The number of likely N-dealkylation sites (N-methyl/N-ethyl adjacent to an activating group) is 2. The van der Waals surface area contributed by atoms with Crippen molar-refractivity contribution in [1.29, 1.82) is 0 Å². The lowest BCUT2D eigenvalue weighted by Gasteiger charge is -2.23. The van der Waals surface area contributed by atoms with Crippen molar-refractivity contribution in [3.8, 4) is 0 Å². The van der Waals surface area contributed by atoms with Crippen LogP contribution in [0.15, 0.2) is 0 Å². The smallest absolute Gasteiger partial charge is 0.303 e. The maximum atomic E-state index is 10.0. The molecule has 0 aliphatic rings. The molecule has 0 aromatic carbocycles. The highest BCUT2D eigenvalue weighted by atomic mass is 16.4. The highest BCUT2D eigenvalue weighted by molar-refractivity contribution is 5.66. The van der Waals surface area contributed by atoms with Gasteiger partial charge in [-0.1, -0.05) is 71.6 Å². The number of aliphatic hydroxyl groups is 2. The van der Waals surface area contributed by atoms with Gasteiger partial charge >= 0.3 is 5.97 Å². The zero-order valence-corrected chi connectivity index (χ0v) is 24.9. The van der Waals surface area contributed by atoms with Crippen LogP contribution in [0, 0.1) is 0 Å². The number of nitrogens with zero attached hydrogens (tertiary/aromatic N) is 3. The first-order chi connectivity index (χ1) is 17.2. The first-order valence-corrected chi connectivity index (χ1v) is 14.4. The molecule has 0 aliphatic heterocycles. The van der Waals surface area contributed by atoms with Gasteiger partial charge in [0.1, 0.15) is 0 Å². The Labute approximate surface area is 224 Å². The third-order valence-electron chi connectivity index (χ3n) is 5.63. The average molecular weight is 521 g/mol. The van der Waals surface area contributed by atoms with Crippen LogP contribution >= 0.6 is 0 Å². The van der Waals surface area contributed by atoms with Gasteiger partial charge in [-0.25, -0.2) is 0 Å². The van der Waals surface area contributed by atoms with Crippen molar-refractivity contribution in [2.75, 3.05) is 87.2 Å². The number of aliphatic carboxylic acids is 1. The number of unbranched alkanes of at least 4 members (excludes halogenated alkanes) is 9. The van der Waals surface area contributed by atoms with E-state index in [0.29, 0.717) is 13.0 Å². The minimum Gasteiger partial charge on any atom is -0.481 e. The van der Waals surface area contributed by atoms with Gasteiger partial charge < -0.3 is 30.4 Å². The summed E-state index contributed by atoms with van der Waals surface area (Å²) in [5, 5.41) is 28.7. The second kappa shape index (κ2) is 34.2. The zero-order valence-electron chi connectivity index (χ0n) is 24.9. The molecule has 0 aromatic heterocycles. The minimum atomic E-state index is -0.670. The third-order valence-corrected chi connectivity index (χ3v) is 5.63. The molecule has 36 heavy (non-hydrogen) atoms. The number of nitrogens with one attached hydrogen (secondary N) is 1. The van der Waals surface area contributed by atoms with Gasteiger partial charge in [-0.2, -0.15) is 0 Å². The van der Waals surface area contributed by atoms with Gasteiger partial charge in [0.25, 0.3) is 0 Å².